The first kappa shape index (κ1) is 15.6. The Hall–Kier alpha value is -0.430. The highest BCUT2D eigenvalue weighted by atomic mass is 32.2. The molecule has 0 aromatic carbocycles. The van der Waals surface area contributed by atoms with Gasteiger partial charge in [-0.25, -0.2) is 8.42 Å². The van der Waals surface area contributed by atoms with Crippen LogP contribution in [0.3, 0.4) is 0 Å². The molecule has 0 fully saturated rings. The van der Waals surface area contributed by atoms with Crippen LogP contribution < -0.4 is 5.32 Å². The van der Waals surface area contributed by atoms with E-state index in [0.717, 1.165) is 4.88 Å². The Kier molecular flexibility index (Phi) is 5.78. The SMILES string of the molecule is CC(CC(O)c1cccs1)NC(C)CS(C)(=O)=O. The molecule has 1 aromatic heterocycles. The van der Waals surface area contributed by atoms with Crippen LogP contribution >= 0.6 is 11.3 Å². The molecule has 1 aromatic rings. The van der Waals surface area contributed by atoms with Crippen molar-refractivity contribution in [3.63, 3.8) is 0 Å². The average Bonchev–Trinajstić information content (AvgIpc) is 2.65. The van der Waals surface area contributed by atoms with Crippen molar-refractivity contribution in [1.29, 1.82) is 0 Å². The summed E-state index contributed by atoms with van der Waals surface area (Å²) in [6.07, 6.45) is 1.32. The number of nitrogens with one attached hydrogen (secondary N) is 1. The average molecular weight is 291 g/mol. The first-order chi connectivity index (χ1) is 8.28. The van der Waals surface area contributed by atoms with Crippen LogP contribution in [0.5, 0.6) is 0 Å². The molecule has 0 radical (unpaired) electrons. The molecule has 1 heterocycles. The number of hydrogen-bond acceptors (Lipinski definition) is 5. The molecule has 0 bridgehead atoms. The highest BCUT2D eigenvalue weighted by Crippen LogP contribution is 2.22. The predicted molar refractivity (Wildman–Crippen MR) is 75.7 cm³/mol. The van der Waals surface area contributed by atoms with Gasteiger partial charge in [0.25, 0.3) is 0 Å². The molecule has 0 spiro atoms. The Morgan fingerprint density at radius 1 is 1.39 bits per heavy atom. The minimum atomic E-state index is -2.96. The Balaban J connectivity index is 2.39. The summed E-state index contributed by atoms with van der Waals surface area (Å²) >= 11 is 1.53. The van der Waals surface area contributed by atoms with E-state index in [0.29, 0.717) is 6.42 Å². The van der Waals surface area contributed by atoms with E-state index in [-0.39, 0.29) is 17.8 Å². The largest absolute Gasteiger partial charge is 0.388 e. The fourth-order valence-electron chi connectivity index (χ4n) is 1.99. The first-order valence-corrected chi connectivity index (χ1v) is 8.87. The molecular formula is C12H21NO3S2. The zero-order chi connectivity index (χ0) is 13.8. The van der Waals surface area contributed by atoms with Gasteiger partial charge in [0, 0.05) is 23.2 Å². The van der Waals surface area contributed by atoms with Crippen molar-refractivity contribution >= 4 is 21.2 Å². The van der Waals surface area contributed by atoms with Gasteiger partial charge in [-0.15, -0.1) is 11.3 Å². The minimum Gasteiger partial charge on any atom is -0.388 e. The molecule has 104 valence electrons. The van der Waals surface area contributed by atoms with Gasteiger partial charge in [-0.2, -0.15) is 0 Å². The summed E-state index contributed by atoms with van der Waals surface area (Å²) in [6, 6.07) is 3.78. The highest BCUT2D eigenvalue weighted by Gasteiger charge is 2.17. The monoisotopic (exact) mass is 291 g/mol. The van der Waals surface area contributed by atoms with Crippen molar-refractivity contribution in [1.82, 2.24) is 5.32 Å². The summed E-state index contributed by atoms with van der Waals surface area (Å²) in [4.78, 5) is 0.944. The minimum absolute atomic E-state index is 0.0684. The van der Waals surface area contributed by atoms with Gasteiger partial charge in [-0.3, -0.25) is 0 Å². The van der Waals surface area contributed by atoms with Gasteiger partial charge in [0.15, 0.2) is 0 Å². The van der Waals surface area contributed by atoms with Crippen molar-refractivity contribution in [2.24, 2.45) is 0 Å². The van der Waals surface area contributed by atoms with Crippen molar-refractivity contribution in [2.45, 2.75) is 38.5 Å². The molecule has 3 unspecified atom stereocenters. The predicted octanol–water partition coefficient (Wildman–Crippen LogP) is 1.58. The normalized spacial score (nSPS) is 17.3. The molecule has 4 nitrogen and oxygen atoms in total. The number of hydrogen-bond donors (Lipinski definition) is 2. The number of aliphatic hydroxyl groups excluding tert-OH is 1. The summed E-state index contributed by atoms with van der Waals surface area (Å²) < 4.78 is 22.3. The molecule has 1 rings (SSSR count). The summed E-state index contributed by atoms with van der Waals surface area (Å²) in [5.74, 6) is 0.117. The van der Waals surface area contributed by atoms with Crippen LogP contribution in [0.15, 0.2) is 17.5 Å². The van der Waals surface area contributed by atoms with Gasteiger partial charge < -0.3 is 10.4 Å². The van der Waals surface area contributed by atoms with Gasteiger partial charge >= 0.3 is 0 Å². The number of thiophene rings is 1. The van der Waals surface area contributed by atoms with Crippen LogP contribution in [0, 0.1) is 0 Å². The fraction of sp³-hybridized carbons (Fsp3) is 0.667. The van der Waals surface area contributed by atoms with E-state index >= 15 is 0 Å². The molecule has 0 amide bonds. The van der Waals surface area contributed by atoms with Crippen LogP contribution in [0.4, 0.5) is 0 Å². The van der Waals surface area contributed by atoms with E-state index in [1.54, 1.807) is 0 Å². The molecule has 0 saturated carbocycles. The molecular weight excluding hydrogens is 270 g/mol. The van der Waals surface area contributed by atoms with Gasteiger partial charge in [0.05, 0.1) is 11.9 Å². The maximum atomic E-state index is 11.1. The van der Waals surface area contributed by atoms with Gasteiger partial charge in [-0.05, 0) is 31.7 Å². The molecule has 2 N–H and O–H groups in total. The summed E-state index contributed by atoms with van der Waals surface area (Å²) in [6.45, 7) is 3.80. The third-order valence-electron chi connectivity index (χ3n) is 2.57. The summed E-state index contributed by atoms with van der Waals surface area (Å²) in [7, 11) is -2.96. The molecule has 0 aliphatic carbocycles. The summed E-state index contributed by atoms with van der Waals surface area (Å²) in [5.41, 5.74) is 0. The van der Waals surface area contributed by atoms with Crippen LogP contribution in [0.25, 0.3) is 0 Å². The highest BCUT2D eigenvalue weighted by molar-refractivity contribution is 7.90. The van der Waals surface area contributed by atoms with E-state index < -0.39 is 15.9 Å². The molecule has 0 saturated heterocycles. The van der Waals surface area contributed by atoms with E-state index in [4.69, 9.17) is 0 Å². The van der Waals surface area contributed by atoms with Crippen LogP contribution in [-0.4, -0.2) is 37.6 Å². The Bertz CT molecular complexity index is 442. The quantitative estimate of drug-likeness (QED) is 0.800. The first-order valence-electron chi connectivity index (χ1n) is 5.93. The molecule has 6 heteroatoms. The lowest BCUT2D eigenvalue weighted by Crippen LogP contribution is -2.39. The molecule has 0 aliphatic rings. The number of aliphatic hydroxyl groups is 1. The second-order valence-electron chi connectivity index (χ2n) is 4.83. The Labute approximate surface area is 113 Å². The van der Waals surface area contributed by atoms with Crippen molar-refractivity contribution < 1.29 is 13.5 Å². The Morgan fingerprint density at radius 2 is 2.06 bits per heavy atom. The van der Waals surface area contributed by atoms with E-state index in [1.165, 1.54) is 17.6 Å². The second kappa shape index (κ2) is 6.65. The lowest BCUT2D eigenvalue weighted by Gasteiger charge is -2.21. The number of rotatable bonds is 7. The zero-order valence-electron chi connectivity index (χ0n) is 11.0. The fourth-order valence-corrected chi connectivity index (χ4v) is 3.72. The van der Waals surface area contributed by atoms with Crippen molar-refractivity contribution in [3.05, 3.63) is 22.4 Å². The van der Waals surface area contributed by atoms with Crippen LogP contribution in [-0.2, 0) is 9.84 Å². The Morgan fingerprint density at radius 3 is 2.56 bits per heavy atom. The van der Waals surface area contributed by atoms with E-state index in [9.17, 15) is 13.5 Å². The summed E-state index contributed by atoms with van der Waals surface area (Å²) in [5, 5.41) is 15.1. The molecule has 0 aliphatic heterocycles. The number of sulfone groups is 1. The van der Waals surface area contributed by atoms with Crippen LogP contribution in [0.1, 0.15) is 31.2 Å². The van der Waals surface area contributed by atoms with E-state index in [2.05, 4.69) is 5.32 Å². The van der Waals surface area contributed by atoms with Gasteiger partial charge in [0.2, 0.25) is 0 Å². The maximum absolute atomic E-state index is 11.1. The standard InChI is InChI=1S/C12H21NO3S2/c1-9(13-10(2)8-18(3,15)16)7-11(14)12-5-4-6-17-12/h4-6,9-11,13-14H,7-8H2,1-3H3. The third-order valence-corrected chi connectivity index (χ3v) is 4.65. The topological polar surface area (TPSA) is 66.4 Å². The van der Waals surface area contributed by atoms with E-state index in [1.807, 2.05) is 31.4 Å². The van der Waals surface area contributed by atoms with Crippen molar-refractivity contribution in [3.8, 4) is 0 Å². The van der Waals surface area contributed by atoms with Crippen molar-refractivity contribution in [2.75, 3.05) is 12.0 Å². The van der Waals surface area contributed by atoms with Gasteiger partial charge in [-0.1, -0.05) is 6.07 Å². The third kappa shape index (κ3) is 5.95. The zero-order valence-corrected chi connectivity index (χ0v) is 12.6. The second-order valence-corrected chi connectivity index (χ2v) is 7.99. The smallest absolute Gasteiger partial charge is 0.148 e. The lowest BCUT2D eigenvalue weighted by molar-refractivity contribution is 0.156. The molecule has 3 atom stereocenters. The molecule has 18 heavy (non-hydrogen) atoms. The van der Waals surface area contributed by atoms with Gasteiger partial charge in [0.1, 0.15) is 9.84 Å². The maximum Gasteiger partial charge on any atom is 0.148 e. The van der Waals surface area contributed by atoms with Crippen LogP contribution in [0.2, 0.25) is 0 Å². The lowest BCUT2D eigenvalue weighted by atomic mass is 10.1.